The van der Waals surface area contributed by atoms with Crippen molar-refractivity contribution in [2.75, 3.05) is 26.0 Å². The van der Waals surface area contributed by atoms with Gasteiger partial charge in [-0.05, 0) is 73.8 Å². The molecule has 5 nitrogen and oxygen atoms in total. The van der Waals surface area contributed by atoms with Gasteiger partial charge in [-0.2, -0.15) is 0 Å². The van der Waals surface area contributed by atoms with Crippen LogP contribution < -0.4 is 4.90 Å². The number of hydrogen-bond acceptors (Lipinski definition) is 2. The number of rotatable bonds is 2. The summed E-state index contributed by atoms with van der Waals surface area (Å²) in [6, 6.07) is 1.56. The van der Waals surface area contributed by atoms with Gasteiger partial charge < -0.3 is 10.0 Å². The van der Waals surface area contributed by atoms with Crippen molar-refractivity contribution < 1.29 is 14.7 Å². The predicted molar refractivity (Wildman–Crippen MR) is 99.0 cm³/mol. The second-order valence-corrected chi connectivity index (χ2v) is 7.32. The summed E-state index contributed by atoms with van der Waals surface area (Å²) in [4.78, 5) is 26.2. The van der Waals surface area contributed by atoms with Crippen molar-refractivity contribution in [3.63, 3.8) is 0 Å². The molecule has 0 atom stereocenters. The van der Waals surface area contributed by atoms with Gasteiger partial charge in [0.1, 0.15) is 0 Å². The standard InChI is InChI=1S/C11H11I3N2O3/c1-15(2)11(19)16(3)9-6(13)4-5(12)7(8(9)14)10(17)18/h4H,1-3H3,(H,17,18). The van der Waals surface area contributed by atoms with Crippen LogP contribution in [0.4, 0.5) is 10.5 Å². The SMILES string of the molecule is CN(C)C(=O)N(C)c1c(I)cc(I)c(C(=O)O)c1I. The Morgan fingerprint density at radius 1 is 1.11 bits per heavy atom. The van der Waals surface area contributed by atoms with Crippen LogP contribution in [0.5, 0.6) is 0 Å². The van der Waals surface area contributed by atoms with E-state index in [0.717, 1.165) is 3.57 Å². The number of carboxylic acids is 1. The Labute approximate surface area is 152 Å². The Kier molecular flexibility index (Phi) is 6.10. The Balaban J connectivity index is 3.48. The van der Waals surface area contributed by atoms with E-state index in [9.17, 15) is 14.7 Å². The first-order valence-electron chi connectivity index (χ1n) is 5.04. The highest BCUT2D eigenvalue weighted by Crippen LogP contribution is 2.34. The summed E-state index contributed by atoms with van der Waals surface area (Å²) in [5, 5.41) is 9.27. The zero-order valence-electron chi connectivity index (χ0n) is 10.4. The number of urea groups is 1. The minimum atomic E-state index is -0.989. The van der Waals surface area contributed by atoms with Gasteiger partial charge in [-0.15, -0.1) is 0 Å². The van der Waals surface area contributed by atoms with E-state index in [1.807, 2.05) is 45.2 Å². The molecular weight excluding hydrogens is 589 g/mol. The summed E-state index contributed by atoms with van der Waals surface area (Å²) in [5.74, 6) is -0.989. The third kappa shape index (κ3) is 3.62. The van der Waals surface area contributed by atoms with Gasteiger partial charge >= 0.3 is 12.0 Å². The highest BCUT2D eigenvalue weighted by atomic mass is 127. The fourth-order valence-electron chi connectivity index (χ4n) is 1.48. The largest absolute Gasteiger partial charge is 0.478 e. The molecule has 0 aromatic heterocycles. The van der Waals surface area contributed by atoms with E-state index in [1.165, 1.54) is 9.80 Å². The van der Waals surface area contributed by atoms with Crippen molar-refractivity contribution in [1.82, 2.24) is 4.90 Å². The Hall–Kier alpha value is 0.150. The molecule has 0 fully saturated rings. The van der Waals surface area contributed by atoms with Crippen molar-refractivity contribution in [2.24, 2.45) is 0 Å². The van der Waals surface area contributed by atoms with Crippen LogP contribution in [-0.4, -0.2) is 43.1 Å². The molecule has 0 aliphatic heterocycles. The van der Waals surface area contributed by atoms with Crippen molar-refractivity contribution in [3.8, 4) is 0 Å². The minimum Gasteiger partial charge on any atom is -0.478 e. The van der Waals surface area contributed by atoms with E-state index >= 15 is 0 Å². The van der Waals surface area contributed by atoms with Crippen molar-refractivity contribution in [1.29, 1.82) is 0 Å². The first-order chi connectivity index (χ1) is 8.68. The van der Waals surface area contributed by atoms with Gasteiger partial charge in [0.2, 0.25) is 0 Å². The van der Waals surface area contributed by atoms with E-state index in [0.29, 0.717) is 12.8 Å². The summed E-state index contributed by atoms with van der Waals surface area (Å²) in [6.07, 6.45) is 0. The summed E-state index contributed by atoms with van der Waals surface area (Å²) in [5.41, 5.74) is 0.854. The van der Waals surface area contributed by atoms with Crippen LogP contribution in [0.2, 0.25) is 0 Å². The predicted octanol–water partition coefficient (Wildman–Crippen LogP) is 3.32. The van der Waals surface area contributed by atoms with Gasteiger partial charge in [-0.3, -0.25) is 4.90 Å². The molecule has 1 aromatic carbocycles. The molecule has 0 spiro atoms. The normalized spacial score (nSPS) is 10.2. The van der Waals surface area contributed by atoms with Crippen LogP contribution in [0.25, 0.3) is 0 Å². The molecule has 0 radical (unpaired) electrons. The van der Waals surface area contributed by atoms with Crippen molar-refractivity contribution >= 4 is 85.5 Å². The summed E-state index contributed by atoms with van der Waals surface area (Å²) in [7, 11) is 4.95. The molecule has 1 N–H and O–H groups in total. The van der Waals surface area contributed by atoms with Crippen LogP contribution in [-0.2, 0) is 0 Å². The van der Waals surface area contributed by atoms with Gasteiger partial charge in [0.05, 0.1) is 14.8 Å². The smallest absolute Gasteiger partial charge is 0.337 e. The van der Waals surface area contributed by atoms with Gasteiger partial charge in [0.15, 0.2) is 0 Å². The molecule has 19 heavy (non-hydrogen) atoms. The van der Waals surface area contributed by atoms with E-state index in [-0.39, 0.29) is 11.6 Å². The van der Waals surface area contributed by atoms with E-state index in [2.05, 4.69) is 22.6 Å². The third-order valence-electron chi connectivity index (χ3n) is 2.36. The second-order valence-electron chi connectivity index (χ2n) is 3.92. The number of aromatic carboxylic acids is 1. The lowest BCUT2D eigenvalue weighted by Crippen LogP contribution is -2.37. The number of amides is 2. The van der Waals surface area contributed by atoms with E-state index < -0.39 is 5.97 Å². The van der Waals surface area contributed by atoms with Gasteiger partial charge in [0, 0.05) is 28.3 Å². The zero-order valence-corrected chi connectivity index (χ0v) is 16.8. The molecule has 1 aromatic rings. The Bertz CT molecular complexity index is 546. The van der Waals surface area contributed by atoms with Crippen molar-refractivity contribution in [3.05, 3.63) is 22.3 Å². The molecule has 2 amide bonds. The summed E-state index contributed by atoms with van der Waals surface area (Å²) < 4.78 is 2.07. The maximum absolute atomic E-state index is 12.0. The zero-order chi connectivity index (χ0) is 14.9. The topological polar surface area (TPSA) is 60.9 Å². The molecule has 0 saturated heterocycles. The van der Waals surface area contributed by atoms with E-state index in [1.54, 1.807) is 27.2 Å². The highest BCUT2D eigenvalue weighted by Gasteiger charge is 2.24. The first-order valence-corrected chi connectivity index (χ1v) is 8.27. The van der Waals surface area contributed by atoms with Crippen LogP contribution in [0.15, 0.2) is 6.07 Å². The Morgan fingerprint density at radius 3 is 2.05 bits per heavy atom. The molecule has 0 unspecified atom stereocenters. The quantitative estimate of drug-likeness (QED) is 0.531. The maximum Gasteiger partial charge on any atom is 0.337 e. The van der Waals surface area contributed by atoms with Gasteiger partial charge in [-0.1, -0.05) is 0 Å². The lowest BCUT2D eigenvalue weighted by molar-refractivity contribution is 0.0694. The molecule has 8 heteroatoms. The molecule has 104 valence electrons. The number of hydrogen-bond donors (Lipinski definition) is 1. The maximum atomic E-state index is 12.0. The molecular formula is C11H11I3N2O3. The fourth-order valence-corrected chi connectivity index (χ4v) is 6.04. The molecule has 0 aliphatic carbocycles. The molecule has 0 aliphatic rings. The van der Waals surface area contributed by atoms with Gasteiger partial charge in [0.25, 0.3) is 0 Å². The summed E-state index contributed by atoms with van der Waals surface area (Å²) >= 11 is 6.08. The summed E-state index contributed by atoms with van der Waals surface area (Å²) in [6.45, 7) is 0. The number of carbonyl (C=O) groups excluding carboxylic acids is 1. The monoisotopic (exact) mass is 600 g/mol. The molecule has 0 bridgehead atoms. The van der Waals surface area contributed by atoms with Crippen LogP contribution in [0, 0.1) is 10.7 Å². The number of benzene rings is 1. The Morgan fingerprint density at radius 2 is 1.63 bits per heavy atom. The van der Waals surface area contributed by atoms with E-state index in [4.69, 9.17) is 0 Å². The number of carbonyl (C=O) groups is 2. The van der Waals surface area contributed by atoms with Crippen LogP contribution in [0.1, 0.15) is 10.4 Å². The fraction of sp³-hybridized carbons (Fsp3) is 0.273. The number of carboxylic acid groups (broad SMARTS) is 1. The molecule has 1 rings (SSSR count). The van der Waals surface area contributed by atoms with Gasteiger partial charge in [-0.25, -0.2) is 9.59 Å². The molecule has 0 heterocycles. The number of nitrogens with zero attached hydrogens (tertiary/aromatic N) is 2. The second kappa shape index (κ2) is 6.74. The third-order valence-corrected chi connectivity index (χ3v) is 5.09. The van der Waals surface area contributed by atoms with Crippen LogP contribution >= 0.6 is 67.8 Å². The average Bonchev–Trinajstić information content (AvgIpc) is 2.25. The van der Waals surface area contributed by atoms with Crippen molar-refractivity contribution in [2.45, 2.75) is 0 Å². The molecule has 0 saturated carbocycles. The minimum absolute atomic E-state index is 0.201. The lowest BCUT2D eigenvalue weighted by Gasteiger charge is -2.25. The first kappa shape index (κ1) is 17.2. The number of halogens is 3. The average molecular weight is 600 g/mol. The van der Waals surface area contributed by atoms with Crippen LogP contribution in [0.3, 0.4) is 0 Å². The number of anilines is 1. The lowest BCUT2D eigenvalue weighted by atomic mass is 10.2. The highest BCUT2D eigenvalue weighted by molar-refractivity contribution is 14.1.